The van der Waals surface area contributed by atoms with E-state index in [0.717, 1.165) is 0 Å². The van der Waals surface area contributed by atoms with Gasteiger partial charge < -0.3 is 10.0 Å². The highest BCUT2D eigenvalue weighted by Gasteiger charge is 2.37. The zero-order chi connectivity index (χ0) is 12.6. The third-order valence-electron chi connectivity index (χ3n) is 2.69. The van der Waals surface area contributed by atoms with Crippen LogP contribution in [0.4, 0.5) is 4.39 Å². The monoisotopic (exact) mass is 301 g/mol. The van der Waals surface area contributed by atoms with E-state index in [1.165, 1.54) is 17.0 Å². The van der Waals surface area contributed by atoms with Crippen molar-refractivity contribution in [2.45, 2.75) is 0 Å². The van der Waals surface area contributed by atoms with Crippen molar-refractivity contribution in [3.63, 3.8) is 0 Å². The van der Waals surface area contributed by atoms with Gasteiger partial charge in [0.15, 0.2) is 0 Å². The molecule has 17 heavy (non-hydrogen) atoms. The normalized spacial score (nSPS) is 15.5. The van der Waals surface area contributed by atoms with Gasteiger partial charge >= 0.3 is 5.97 Å². The summed E-state index contributed by atoms with van der Waals surface area (Å²) in [6, 6.07) is 4.27. The number of nitrogens with zero attached hydrogens (tertiary/aromatic N) is 1. The molecule has 1 heterocycles. The molecule has 0 spiro atoms. The number of aliphatic carboxylic acids is 1. The van der Waals surface area contributed by atoms with Gasteiger partial charge in [-0.1, -0.05) is 6.07 Å². The van der Waals surface area contributed by atoms with Gasteiger partial charge in [0.05, 0.1) is 11.5 Å². The maximum Gasteiger partial charge on any atom is 0.310 e. The van der Waals surface area contributed by atoms with Gasteiger partial charge in [-0.3, -0.25) is 9.59 Å². The number of hydrogen-bond donors (Lipinski definition) is 1. The third kappa shape index (κ3) is 2.17. The first kappa shape index (κ1) is 12.0. The van der Waals surface area contributed by atoms with Crippen LogP contribution < -0.4 is 0 Å². The lowest BCUT2D eigenvalue weighted by Crippen LogP contribution is -2.53. The predicted molar refractivity (Wildman–Crippen MR) is 61.1 cm³/mol. The quantitative estimate of drug-likeness (QED) is 0.905. The van der Waals surface area contributed by atoms with Gasteiger partial charge in [0.2, 0.25) is 0 Å². The second-order valence-corrected chi connectivity index (χ2v) is 4.70. The summed E-state index contributed by atoms with van der Waals surface area (Å²) in [5.74, 6) is -2.55. The summed E-state index contributed by atoms with van der Waals surface area (Å²) in [6.07, 6.45) is 0. The van der Waals surface area contributed by atoms with Gasteiger partial charge in [0.25, 0.3) is 5.91 Å². The zero-order valence-electron chi connectivity index (χ0n) is 8.69. The predicted octanol–water partition coefficient (Wildman–Crippen LogP) is 1.74. The van der Waals surface area contributed by atoms with Crippen LogP contribution in [0.5, 0.6) is 0 Å². The van der Waals surface area contributed by atoms with E-state index in [4.69, 9.17) is 5.11 Å². The van der Waals surface area contributed by atoms with Crippen molar-refractivity contribution in [3.05, 3.63) is 34.1 Å². The number of benzene rings is 1. The van der Waals surface area contributed by atoms with Crippen molar-refractivity contribution in [1.82, 2.24) is 4.90 Å². The molecule has 1 amide bonds. The number of rotatable bonds is 2. The van der Waals surface area contributed by atoms with Crippen molar-refractivity contribution >= 4 is 27.8 Å². The summed E-state index contributed by atoms with van der Waals surface area (Å²) in [5, 5.41) is 8.69. The molecule has 0 radical (unpaired) electrons. The molecular formula is C11H9BrFNO3. The van der Waals surface area contributed by atoms with Crippen molar-refractivity contribution in [2.24, 2.45) is 5.92 Å². The summed E-state index contributed by atoms with van der Waals surface area (Å²) >= 11 is 3.11. The van der Waals surface area contributed by atoms with Crippen LogP contribution in [0.1, 0.15) is 10.4 Å². The smallest absolute Gasteiger partial charge is 0.310 e. The lowest BCUT2D eigenvalue weighted by Gasteiger charge is -2.36. The Morgan fingerprint density at radius 3 is 2.59 bits per heavy atom. The van der Waals surface area contributed by atoms with Crippen molar-refractivity contribution in [2.75, 3.05) is 13.1 Å². The van der Waals surface area contributed by atoms with Crippen LogP contribution in [0.15, 0.2) is 22.7 Å². The summed E-state index contributed by atoms with van der Waals surface area (Å²) in [7, 11) is 0. The molecular weight excluding hydrogens is 293 g/mol. The van der Waals surface area contributed by atoms with Crippen molar-refractivity contribution in [1.29, 1.82) is 0 Å². The Morgan fingerprint density at radius 1 is 1.41 bits per heavy atom. The van der Waals surface area contributed by atoms with E-state index in [1.54, 1.807) is 6.07 Å². The molecule has 2 rings (SSSR count). The first-order valence-corrected chi connectivity index (χ1v) is 5.76. The zero-order valence-corrected chi connectivity index (χ0v) is 10.3. The highest BCUT2D eigenvalue weighted by Crippen LogP contribution is 2.25. The van der Waals surface area contributed by atoms with Crippen LogP contribution in [0.3, 0.4) is 0 Å². The first-order valence-electron chi connectivity index (χ1n) is 4.97. The molecule has 1 aromatic carbocycles. The Morgan fingerprint density at radius 2 is 2.06 bits per heavy atom. The van der Waals surface area contributed by atoms with Crippen molar-refractivity contribution < 1.29 is 19.1 Å². The molecule has 0 saturated carbocycles. The Bertz CT molecular complexity index is 465. The summed E-state index contributed by atoms with van der Waals surface area (Å²) in [5.41, 5.74) is -0.0451. The molecule has 0 atom stereocenters. The van der Waals surface area contributed by atoms with Gasteiger partial charge in [-0.25, -0.2) is 4.39 Å². The Balaban J connectivity index is 2.15. The molecule has 0 unspecified atom stereocenters. The van der Waals surface area contributed by atoms with Crippen LogP contribution in [0.25, 0.3) is 0 Å². The fourth-order valence-corrected chi connectivity index (χ4v) is 2.17. The number of carbonyl (C=O) groups is 2. The molecule has 6 heteroatoms. The molecule has 0 bridgehead atoms. The highest BCUT2D eigenvalue weighted by atomic mass is 79.9. The average molecular weight is 302 g/mol. The summed E-state index contributed by atoms with van der Waals surface area (Å²) in [4.78, 5) is 23.8. The number of carboxylic acid groups (broad SMARTS) is 1. The van der Waals surface area contributed by atoms with Gasteiger partial charge in [0.1, 0.15) is 5.82 Å². The van der Waals surface area contributed by atoms with Gasteiger partial charge in [-0.15, -0.1) is 0 Å². The minimum Gasteiger partial charge on any atom is -0.481 e. The molecule has 0 aromatic heterocycles. The third-order valence-corrected chi connectivity index (χ3v) is 3.36. The molecule has 1 aromatic rings. The largest absolute Gasteiger partial charge is 0.481 e. The number of hydrogen-bond acceptors (Lipinski definition) is 2. The summed E-state index contributed by atoms with van der Waals surface area (Å²) < 4.78 is 13.9. The van der Waals surface area contributed by atoms with E-state index in [-0.39, 0.29) is 18.7 Å². The van der Waals surface area contributed by atoms with E-state index in [1.807, 2.05) is 0 Å². The van der Waals surface area contributed by atoms with Crippen LogP contribution in [-0.2, 0) is 4.79 Å². The van der Waals surface area contributed by atoms with E-state index >= 15 is 0 Å². The molecule has 1 aliphatic rings. The molecule has 1 aliphatic heterocycles. The number of carbonyl (C=O) groups excluding carboxylic acids is 1. The van der Waals surface area contributed by atoms with E-state index in [9.17, 15) is 14.0 Å². The van der Waals surface area contributed by atoms with Crippen molar-refractivity contribution in [3.8, 4) is 0 Å². The molecule has 1 fully saturated rings. The fraction of sp³-hybridized carbons (Fsp3) is 0.273. The second kappa shape index (κ2) is 4.44. The van der Waals surface area contributed by atoms with Gasteiger partial charge in [-0.05, 0) is 28.1 Å². The second-order valence-electron chi connectivity index (χ2n) is 3.84. The number of likely N-dealkylation sites (tertiary alicyclic amines) is 1. The standard InChI is InChI=1S/C11H9BrFNO3/c12-7-2-1-3-8(13)9(7)10(15)14-4-6(5-14)11(16)17/h1-3,6H,4-5H2,(H,16,17). The fourth-order valence-electron chi connectivity index (χ4n) is 1.66. The van der Waals surface area contributed by atoms with E-state index in [0.29, 0.717) is 4.47 Å². The number of halogens is 2. The number of carboxylic acids is 1. The molecule has 1 saturated heterocycles. The maximum atomic E-state index is 13.5. The first-order chi connectivity index (χ1) is 8.00. The minimum atomic E-state index is -0.929. The Hall–Kier alpha value is -1.43. The van der Waals surface area contributed by atoms with Gasteiger partial charge in [-0.2, -0.15) is 0 Å². The van der Waals surface area contributed by atoms with Crippen LogP contribution in [0.2, 0.25) is 0 Å². The molecule has 4 nitrogen and oxygen atoms in total. The molecule has 0 aliphatic carbocycles. The highest BCUT2D eigenvalue weighted by molar-refractivity contribution is 9.10. The summed E-state index contributed by atoms with van der Waals surface area (Å²) in [6.45, 7) is 0.268. The Kier molecular flexibility index (Phi) is 3.15. The van der Waals surface area contributed by atoms with Crippen LogP contribution >= 0.6 is 15.9 Å². The van der Waals surface area contributed by atoms with Crippen LogP contribution in [0, 0.1) is 11.7 Å². The van der Waals surface area contributed by atoms with Gasteiger partial charge in [0, 0.05) is 17.6 Å². The molecule has 90 valence electrons. The lowest BCUT2D eigenvalue weighted by molar-refractivity contribution is -0.146. The topological polar surface area (TPSA) is 57.6 Å². The SMILES string of the molecule is O=C(O)C1CN(C(=O)c2c(F)cccc2Br)C1. The number of amides is 1. The van der Waals surface area contributed by atoms with Crippen LogP contribution in [-0.4, -0.2) is 35.0 Å². The van der Waals surface area contributed by atoms with E-state index in [2.05, 4.69) is 15.9 Å². The maximum absolute atomic E-state index is 13.5. The van der Waals surface area contributed by atoms with E-state index < -0.39 is 23.6 Å². The molecule has 1 N–H and O–H groups in total. The Labute approximate surface area is 105 Å². The lowest BCUT2D eigenvalue weighted by atomic mass is 9.99. The minimum absolute atomic E-state index is 0.0451. The average Bonchev–Trinajstić information content (AvgIpc) is 2.13.